The first-order valence-electron chi connectivity index (χ1n) is 10.5. The first-order valence-corrected chi connectivity index (χ1v) is 12.0. The van der Waals surface area contributed by atoms with E-state index in [1.54, 1.807) is 12.1 Å². The van der Waals surface area contributed by atoms with Crippen LogP contribution < -0.4 is 14.8 Å². The Morgan fingerprint density at radius 2 is 2.07 bits per heavy atom. The fourth-order valence-electron chi connectivity index (χ4n) is 4.11. The number of hydrogen-bond donors (Lipinski definition) is 2. The van der Waals surface area contributed by atoms with Crippen molar-refractivity contribution in [3.05, 3.63) is 47.2 Å². The molecule has 3 heterocycles. The third-order valence-electron chi connectivity index (χ3n) is 6.00. The Balaban J connectivity index is 1.57. The summed E-state index contributed by atoms with van der Waals surface area (Å²) < 4.78 is 39.5. The average molecular weight is 432 g/mol. The maximum atomic E-state index is 13.0. The zero-order chi connectivity index (χ0) is 21.1. The molecule has 0 spiro atoms. The van der Waals surface area contributed by atoms with Crippen molar-refractivity contribution in [3.63, 3.8) is 0 Å². The first kappa shape index (κ1) is 21.1. The van der Waals surface area contributed by atoms with Crippen molar-refractivity contribution in [2.24, 2.45) is 0 Å². The van der Waals surface area contributed by atoms with E-state index in [0.29, 0.717) is 30.8 Å². The summed E-state index contributed by atoms with van der Waals surface area (Å²) in [5, 5.41) is 3.50. The van der Waals surface area contributed by atoms with Crippen LogP contribution >= 0.6 is 0 Å². The second kappa shape index (κ2) is 8.91. The van der Waals surface area contributed by atoms with Crippen LogP contribution in [0.25, 0.3) is 0 Å². The van der Waals surface area contributed by atoms with Gasteiger partial charge in [-0.15, -0.1) is 0 Å². The molecule has 0 saturated carbocycles. The fraction of sp³-hybridized carbons (Fsp3) is 0.500. The molecule has 30 heavy (non-hydrogen) atoms. The number of anilines is 1. The first-order chi connectivity index (χ1) is 14.5. The van der Waals surface area contributed by atoms with E-state index in [2.05, 4.69) is 21.9 Å². The van der Waals surface area contributed by atoms with Crippen LogP contribution in [0.5, 0.6) is 5.88 Å². The Labute approximate surface area is 178 Å². The normalized spacial score (nSPS) is 21.7. The minimum absolute atomic E-state index is 0.217. The molecule has 7 nitrogen and oxygen atoms in total. The smallest absolute Gasteiger partial charge is 0.262 e. The number of sulfonamides is 1. The molecule has 4 rings (SSSR count). The molecular weight excluding hydrogens is 402 g/mol. The lowest BCUT2D eigenvalue weighted by molar-refractivity contribution is 0.194. The molecule has 1 aromatic carbocycles. The number of methoxy groups -OCH3 is 1. The lowest BCUT2D eigenvalue weighted by Crippen LogP contribution is -2.26. The number of ether oxygens (including phenoxy) is 2. The van der Waals surface area contributed by atoms with Gasteiger partial charge in [-0.1, -0.05) is 19.1 Å². The van der Waals surface area contributed by atoms with Crippen molar-refractivity contribution < 1.29 is 17.9 Å². The highest BCUT2D eigenvalue weighted by Crippen LogP contribution is 2.31. The summed E-state index contributed by atoms with van der Waals surface area (Å²) in [6.45, 7) is 4.26. The predicted molar refractivity (Wildman–Crippen MR) is 115 cm³/mol. The van der Waals surface area contributed by atoms with Crippen molar-refractivity contribution in [1.82, 2.24) is 10.3 Å². The highest BCUT2D eigenvalue weighted by Gasteiger charge is 2.23. The molecule has 2 aliphatic rings. The molecule has 2 atom stereocenters. The summed E-state index contributed by atoms with van der Waals surface area (Å²) in [6, 6.07) is 9.34. The minimum atomic E-state index is -3.75. The molecule has 0 radical (unpaired) electrons. The Hall–Kier alpha value is -2.16. The maximum Gasteiger partial charge on any atom is 0.262 e. The monoisotopic (exact) mass is 431 g/mol. The molecule has 1 saturated heterocycles. The molecule has 162 valence electrons. The largest absolute Gasteiger partial charge is 0.479 e. The molecule has 2 unspecified atom stereocenters. The Morgan fingerprint density at radius 1 is 1.27 bits per heavy atom. The van der Waals surface area contributed by atoms with Crippen molar-refractivity contribution in [1.29, 1.82) is 0 Å². The van der Waals surface area contributed by atoms with E-state index >= 15 is 0 Å². The van der Waals surface area contributed by atoms with Gasteiger partial charge < -0.3 is 14.8 Å². The molecule has 1 fully saturated rings. The van der Waals surface area contributed by atoms with E-state index in [1.807, 2.05) is 18.2 Å². The standard InChI is InChI=1S/C22H29N3O4S/c1-3-18-7-4-16-12-20(22(28-2)24-21(16)13-23-18)25-30(26,27)19-8-5-15(6-9-19)17-10-11-29-14-17/h5-6,8-9,12,17-18,23,25H,3-4,7,10-11,13-14H2,1-2H3. The van der Waals surface area contributed by atoms with Gasteiger partial charge in [0.05, 0.1) is 24.3 Å². The number of nitrogens with zero attached hydrogens (tertiary/aromatic N) is 1. The maximum absolute atomic E-state index is 13.0. The van der Waals surface area contributed by atoms with E-state index in [0.717, 1.165) is 49.1 Å². The van der Waals surface area contributed by atoms with E-state index in [4.69, 9.17) is 9.47 Å². The van der Waals surface area contributed by atoms with Gasteiger partial charge >= 0.3 is 0 Å². The van der Waals surface area contributed by atoms with Crippen molar-refractivity contribution in [3.8, 4) is 5.88 Å². The van der Waals surface area contributed by atoms with Crippen molar-refractivity contribution in [2.45, 2.75) is 56.0 Å². The minimum Gasteiger partial charge on any atom is -0.479 e. The lowest BCUT2D eigenvalue weighted by Gasteiger charge is -2.15. The SMILES string of the molecule is CCC1CCc2cc(NS(=O)(=O)c3ccc(C4CCOC4)cc3)c(OC)nc2CN1. The number of fused-ring (bicyclic) bond motifs is 1. The number of pyridine rings is 1. The molecule has 2 N–H and O–H groups in total. The third-order valence-corrected chi connectivity index (χ3v) is 7.38. The molecule has 8 heteroatoms. The van der Waals surface area contributed by atoms with Gasteiger partial charge in [0, 0.05) is 25.1 Å². The fourth-order valence-corrected chi connectivity index (χ4v) is 5.16. The van der Waals surface area contributed by atoms with Crippen molar-refractivity contribution in [2.75, 3.05) is 25.0 Å². The van der Waals surface area contributed by atoms with E-state index in [1.165, 1.54) is 7.11 Å². The molecular formula is C22H29N3O4S. The molecule has 1 aromatic heterocycles. The van der Waals surface area contributed by atoms with E-state index in [9.17, 15) is 8.42 Å². The molecule has 0 amide bonds. The number of aromatic nitrogens is 1. The van der Waals surface area contributed by atoms with Gasteiger partial charge in [0.1, 0.15) is 5.69 Å². The zero-order valence-electron chi connectivity index (χ0n) is 17.5. The van der Waals surface area contributed by atoms with Crippen molar-refractivity contribution >= 4 is 15.7 Å². The average Bonchev–Trinajstić information content (AvgIpc) is 3.22. The topological polar surface area (TPSA) is 89.6 Å². The Morgan fingerprint density at radius 3 is 2.73 bits per heavy atom. The van der Waals surface area contributed by atoms with Gasteiger partial charge in [0.25, 0.3) is 10.0 Å². The lowest BCUT2D eigenvalue weighted by atomic mass is 9.99. The van der Waals surface area contributed by atoms with Crippen LogP contribution in [0.2, 0.25) is 0 Å². The molecule has 2 aliphatic heterocycles. The summed E-state index contributed by atoms with van der Waals surface area (Å²) in [5.41, 5.74) is 3.44. The van der Waals surface area contributed by atoms with Crippen LogP contribution in [0.15, 0.2) is 35.2 Å². The van der Waals surface area contributed by atoms with Gasteiger partial charge in [-0.2, -0.15) is 0 Å². The van der Waals surface area contributed by atoms with Crippen LogP contribution in [-0.2, 0) is 27.7 Å². The zero-order valence-corrected chi connectivity index (χ0v) is 18.3. The summed E-state index contributed by atoms with van der Waals surface area (Å²) in [5.74, 6) is 0.623. The second-order valence-corrected chi connectivity index (χ2v) is 9.59. The van der Waals surface area contributed by atoms with Crippen LogP contribution in [-0.4, -0.2) is 39.8 Å². The summed E-state index contributed by atoms with van der Waals surface area (Å²) in [7, 11) is -2.25. The van der Waals surface area contributed by atoms with Gasteiger partial charge in [-0.05, 0) is 55.0 Å². The predicted octanol–water partition coefficient (Wildman–Crippen LogP) is 3.21. The Bertz CT molecular complexity index is 986. The molecule has 0 bridgehead atoms. The van der Waals surface area contributed by atoms with Gasteiger partial charge in [-0.3, -0.25) is 4.72 Å². The quantitative estimate of drug-likeness (QED) is 0.730. The Kier molecular flexibility index (Phi) is 6.26. The third kappa shape index (κ3) is 4.45. The van der Waals surface area contributed by atoms with Gasteiger partial charge in [0.15, 0.2) is 0 Å². The van der Waals surface area contributed by atoms with E-state index < -0.39 is 10.0 Å². The number of aryl methyl sites for hydroxylation is 1. The van der Waals surface area contributed by atoms with Crippen LogP contribution in [0.3, 0.4) is 0 Å². The highest BCUT2D eigenvalue weighted by atomic mass is 32.2. The number of benzene rings is 1. The van der Waals surface area contributed by atoms with Crippen LogP contribution in [0.4, 0.5) is 5.69 Å². The van der Waals surface area contributed by atoms with Crippen LogP contribution in [0, 0.1) is 0 Å². The number of nitrogens with one attached hydrogen (secondary N) is 2. The molecule has 0 aliphatic carbocycles. The number of rotatable bonds is 6. The number of hydrogen-bond acceptors (Lipinski definition) is 6. The second-order valence-electron chi connectivity index (χ2n) is 7.91. The highest BCUT2D eigenvalue weighted by molar-refractivity contribution is 7.92. The van der Waals surface area contributed by atoms with Gasteiger partial charge in [0.2, 0.25) is 5.88 Å². The summed E-state index contributed by atoms with van der Waals surface area (Å²) in [6.07, 6.45) is 3.87. The summed E-state index contributed by atoms with van der Waals surface area (Å²) in [4.78, 5) is 4.80. The molecule has 2 aromatic rings. The van der Waals surface area contributed by atoms with Gasteiger partial charge in [-0.25, -0.2) is 13.4 Å². The summed E-state index contributed by atoms with van der Waals surface area (Å²) >= 11 is 0. The van der Waals surface area contributed by atoms with E-state index in [-0.39, 0.29) is 10.8 Å². The van der Waals surface area contributed by atoms with Crippen LogP contribution in [0.1, 0.15) is 48.9 Å².